The van der Waals surface area contributed by atoms with E-state index >= 15 is 0 Å². The number of rotatable bonds is 11. The molecule has 0 unspecified atom stereocenters. The van der Waals surface area contributed by atoms with Crippen molar-refractivity contribution in [3.63, 3.8) is 0 Å². The van der Waals surface area contributed by atoms with Crippen LogP contribution in [0.5, 0.6) is 0 Å². The van der Waals surface area contributed by atoms with Crippen LogP contribution in [0.25, 0.3) is 0 Å². The molecule has 0 spiro atoms. The van der Waals surface area contributed by atoms with Gasteiger partial charge in [-0.3, -0.25) is 9.59 Å². The van der Waals surface area contributed by atoms with Crippen LogP contribution in [-0.2, 0) is 20.9 Å². The number of primary amides is 1. The predicted octanol–water partition coefficient (Wildman–Crippen LogP) is -2.50. The van der Waals surface area contributed by atoms with Gasteiger partial charge in [0.2, 0.25) is 11.8 Å². The van der Waals surface area contributed by atoms with Gasteiger partial charge in [0.1, 0.15) is 24.8 Å². The monoisotopic (exact) mass is 372 g/mol. The maximum absolute atomic E-state index is 12.0. The van der Waals surface area contributed by atoms with Crippen LogP contribution in [0.3, 0.4) is 0 Å². The maximum atomic E-state index is 12.0. The van der Waals surface area contributed by atoms with Crippen molar-refractivity contribution in [1.29, 1.82) is 0 Å². The fourth-order valence-corrected chi connectivity index (χ4v) is 2.14. The normalized spacial score (nSPS) is 13.0. The van der Waals surface area contributed by atoms with Gasteiger partial charge in [0, 0.05) is 13.5 Å². The molecule has 0 saturated heterocycles. The van der Waals surface area contributed by atoms with Crippen molar-refractivity contribution in [3.05, 3.63) is 22.1 Å². The summed E-state index contributed by atoms with van der Waals surface area (Å²) < 4.78 is 1.31. The highest BCUT2D eigenvalue weighted by atomic mass is 16.6. The summed E-state index contributed by atoms with van der Waals surface area (Å²) in [7, 11) is 0. The molecule has 26 heavy (non-hydrogen) atoms. The highest BCUT2D eigenvalue weighted by Crippen LogP contribution is 2.12. The number of nitrogens with two attached hydrogens (primary N) is 1. The van der Waals surface area contributed by atoms with Gasteiger partial charge in [-0.2, -0.15) is 0 Å². The van der Waals surface area contributed by atoms with Crippen molar-refractivity contribution in [2.24, 2.45) is 5.73 Å². The van der Waals surface area contributed by atoms with Gasteiger partial charge in [0.25, 0.3) is 0 Å². The van der Waals surface area contributed by atoms with Crippen LogP contribution in [0, 0.1) is 17.0 Å². The van der Waals surface area contributed by atoms with Gasteiger partial charge >= 0.3 is 11.8 Å². The zero-order valence-electron chi connectivity index (χ0n) is 13.9. The quantitative estimate of drug-likeness (QED) is 0.205. The van der Waals surface area contributed by atoms with Crippen LogP contribution in [0.4, 0.5) is 5.82 Å². The highest BCUT2D eigenvalue weighted by Gasteiger charge is 2.26. The van der Waals surface area contributed by atoms with E-state index in [0.29, 0.717) is 5.82 Å². The lowest BCUT2D eigenvalue weighted by Crippen LogP contribution is -2.53. The number of carboxylic acids is 1. The van der Waals surface area contributed by atoms with E-state index in [4.69, 9.17) is 10.8 Å². The molecule has 13 heteroatoms. The smallest absolute Gasteiger partial charge is 0.342 e. The third-order valence-corrected chi connectivity index (χ3v) is 3.47. The number of aromatic nitrogens is 2. The molecule has 0 aliphatic carbocycles. The Labute approximate surface area is 147 Å². The second-order valence-electron chi connectivity index (χ2n) is 5.33. The Kier molecular flexibility index (Phi) is 7.61. The summed E-state index contributed by atoms with van der Waals surface area (Å²) >= 11 is 0. The van der Waals surface area contributed by atoms with E-state index in [-0.39, 0.29) is 18.9 Å². The summed E-state index contributed by atoms with van der Waals surface area (Å²) in [4.78, 5) is 48.0. The number of aryl methyl sites for hydroxylation is 1. The van der Waals surface area contributed by atoms with Gasteiger partial charge in [-0.15, -0.1) is 0 Å². The molecule has 0 saturated carbocycles. The first-order valence-electron chi connectivity index (χ1n) is 7.49. The summed E-state index contributed by atoms with van der Waals surface area (Å²) in [5, 5.41) is 33.9. The summed E-state index contributed by atoms with van der Waals surface area (Å²) in [5.41, 5.74) is 4.92. The van der Waals surface area contributed by atoms with E-state index in [1.807, 2.05) is 0 Å². The fourth-order valence-electron chi connectivity index (χ4n) is 2.14. The molecule has 0 fully saturated rings. The summed E-state index contributed by atoms with van der Waals surface area (Å²) in [6, 6.07) is -2.69. The van der Waals surface area contributed by atoms with Gasteiger partial charge in [-0.1, -0.05) is 0 Å². The Balaban J connectivity index is 2.65. The summed E-state index contributed by atoms with van der Waals surface area (Å²) in [6.45, 7) is 1.07. The summed E-state index contributed by atoms with van der Waals surface area (Å²) in [5.74, 6) is -3.02. The maximum Gasteiger partial charge on any atom is 0.342 e. The highest BCUT2D eigenvalue weighted by molar-refractivity contribution is 5.90. The number of aliphatic hydroxyl groups is 1. The van der Waals surface area contributed by atoms with Crippen molar-refractivity contribution < 1.29 is 29.5 Å². The molecule has 1 heterocycles. The Morgan fingerprint density at radius 3 is 2.58 bits per heavy atom. The number of carboxylic acid groups (broad SMARTS) is 1. The molecule has 1 rings (SSSR count). The molecular formula is C13H20N6O7. The molecule has 0 aliphatic heterocycles. The van der Waals surface area contributed by atoms with Gasteiger partial charge in [-0.25, -0.2) is 14.3 Å². The third-order valence-electron chi connectivity index (χ3n) is 3.47. The van der Waals surface area contributed by atoms with Crippen molar-refractivity contribution in [2.75, 3.05) is 13.2 Å². The minimum atomic E-state index is -1.52. The predicted molar refractivity (Wildman–Crippen MR) is 85.9 cm³/mol. The molecular weight excluding hydrogens is 352 g/mol. The number of amides is 2. The van der Waals surface area contributed by atoms with E-state index in [0.717, 1.165) is 6.20 Å². The van der Waals surface area contributed by atoms with Crippen LogP contribution >= 0.6 is 0 Å². The average molecular weight is 372 g/mol. The fraction of sp³-hybridized carbons (Fsp3) is 0.538. The van der Waals surface area contributed by atoms with E-state index in [1.54, 1.807) is 6.92 Å². The minimum absolute atomic E-state index is 0.0598. The number of hydrogen-bond donors (Lipinski definition) is 5. The Hall–Kier alpha value is -3.06. The molecule has 0 aliphatic rings. The molecule has 0 radical (unpaired) electrons. The lowest BCUT2D eigenvalue weighted by molar-refractivity contribution is -0.392. The topological polar surface area (TPSA) is 203 Å². The number of hydrogen-bond acceptors (Lipinski definition) is 8. The van der Waals surface area contributed by atoms with Crippen LogP contribution < -0.4 is 16.4 Å². The number of carbonyl (C=O) groups excluding carboxylic acids is 2. The molecule has 144 valence electrons. The zero-order valence-corrected chi connectivity index (χ0v) is 13.9. The molecule has 0 bridgehead atoms. The largest absolute Gasteiger partial charge is 0.480 e. The number of nitrogens with zero attached hydrogens (tertiary/aromatic N) is 3. The first-order valence-corrected chi connectivity index (χ1v) is 7.49. The lowest BCUT2D eigenvalue weighted by Gasteiger charge is -2.19. The van der Waals surface area contributed by atoms with E-state index in [9.17, 15) is 29.6 Å². The van der Waals surface area contributed by atoms with Crippen LogP contribution in [0.1, 0.15) is 12.2 Å². The molecule has 1 aromatic heterocycles. The SMILES string of the molecule is Cc1ncc([N+](=O)[O-])n1CCN[C@@H](CO)C(=O)N[C@@H](CC(N)=O)C(=O)O. The van der Waals surface area contributed by atoms with E-state index in [1.165, 1.54) is 4.57 Å². The number of nitrogens with one attached hydrogen (secondary N) is 2. The van der Waals surface area contributed by atoms with Gasteiger partial charge < -0.3 is 36.7 Å². The average Bonchev–Trinajstić information content (AvgIpc) is 2.91. The third kappa shape index (κ3) is 5.78. The number of nitro groups is 1. The van der Waals surface area contributed by atoms with Crippen molar-refractivity contribution in [3.8, 4) is 0 Å². The molecule has 2 atom stereocenters. The van der Waals surface area contributed by atoms with Crippen LogP contribution in [0.2, 0.25) is 0 Å². The first kappa shape index (κ1) is 21.0. The number of imidazole rings is 1. The first-order chi connectivity index (χ1) is 12.2. The molecule has 2 amide bonds. The number of aliphatic hydroxyl groups excluding tert-OH is 1. The van der Waals surface area contributed by atoms with Crippen molar-refractivity contribution in [2.45, 2.75) is 32.0 Å². The molecule has 1 aromatic rings. The zero-order chi connectivity index (χ0) is 19.9. The molecule has 6 N–H and O–H groups in total. The van der Waals surface area contributed by atoms with Crippen LogP contribution in [-0.4, -0.2) is 67.7 Å². The van der Waals surface area contributed by atoms with E-state index < -0.39 is 47.8 Å². The lowest BCUT2D eigenvalue weighted by atomic mass is 10.2. The minimum Gasteiger partial charge on any atom is -0.480 e. The second kappa shape index (κ2) is 9.43. The van der Waals surface area contributed by atoms with Gasteiger partial charge in [-0.05, 0) is 4.92 Å². The van der Waals surface area contributed by atoms with E-state index in [2.05, 4.69) is 15.6 Å². The van der Waals surface area contributed by atoms with Gasteiger partial charge in [0.05, 0.1) is 13.0 Å². The molecule has 0 aromatic carbocycles. The van der Waals surface area contributed by atoms with Crippen molar-refractivity contribution in [1.82, 2.24) is 20.2 Å². The van der Waals surface area contributed by atoms with Crippen molar-refractivity contribution >= 4 is 23.6 Å². The summed E-state index contributed by atoms with van der Waals surface area (Å²) in [6.07, 6.45) is 0.506. The van der Waals surface area contributed by atoms with Gasteiger partial charge in [0.15, 0.2) is 5.82 Å². The standard InChI is InChI=1S/C13H20N6O7/c1-7-16-5-11(19(25)26)18(7)3-2-15-9(6-20)12(22)17-8(13(23)24)4-10(14)21/h5,8-9,15,20H,2-4,6H2,1H3,(H2,14,21)(H,17,22)(H,23,24)/t8-,9-/m0/s1. The van der Waals surface area contributed by atoms with Crippen LogP contribution in [0.15, 0.2) is 6.20 Å². The Morgan fingerprint density at radius 1 is 1.42 bits per heavy atom. The Bertz CT molecular complexity index is 689. The number of carbonyl (C=O) groups is 3. The Morgan fingerprint density at radius 2 is 2.08 bits per heavy atom. The number of aliphatic carboxylic acids is 1. The molecule has 13 nitrogen and oxygen atoms in total. The second-order valence-corrected chi connectivity index (χ2v) is 5.33.